The first kappa shape index (κ1) is 38.0. The van der Waals surface area contributed by atoms with Crippen molar-refractivity contribution in [3.05, 3.63) is 35.9 Å². The van der Waals surface area contributed by atoms with Crippen molar-refractivity contribution in [2.45, 2.75) is 151 Å². The first-order valence-corrected chi connectivity index (χ1v) is 17.6. The summed E-state index contributed by atoms with van der Waals surface area (Å²) in [6, 6.07) is 8.13. The van der Waals surface area contributed by atoms with Crippen molar-refractivity contribution in [1.29, 1.82) is 0 Å². The average molecular weight is 697 g/mol. The molecule has 4 fully saturated rings. The Balaban J connectivity index is 1.42. The van der Waals surface area contributed by atoms with Crippen LogP contribution in [0.5, 0.6) is 0 Å². The highest BCUT2D eigenvalue weighted by Crippen LogP contribution is 2.37. The minimum Gasteiger partial charge on any atom is -0.479 e. The van der Waals surface area contributed by atoms with Crippen molar-refractivity contribution in [1.82, 2.24) is 0 Å². The number of benzene rings is 1. The van der Waals surface area contributed by atoms with E-state index in [1.165, 1.54) is 0 Å². The van der Waals surface area contributed by atoms with Gasteiger partial charge >= 0.3 is 11.9 Å². The van der Waals surface area contributed by atoms with Crippen molar-refractivity contribution in [3.8, 4) is 0 Å². The van der Waals surface area contributed by atoms with Crippen LogP contribution in [0.2, 0.25) is 0 Å². The maximum atomic E-state index is 13.4. The van der Waals surface area contributed by atoms with Gasteiger partial charge in [-0.05, 0) is 50.2 Å². The summed E-state index contributed by atoms with van der Waals surface area (Å²) in [7, 11) is 0. The molecule has 2 aliphatic carbocycles. The lowest BCUT2D eigenvalue weighted by molar-refractivity contribution is -0.348. The maximum Gasteiger partial charge on any atom is 0.338 e. The van der Waals surface area contributed by atoms with Crippen LogP contribution in [0.15, 0.2) is 30.3 Å². The first-order valence-electron chi connectivity index (χ1n) is 17.6. The van der Waals surface area contributed by atoms with E-state index in [1.807, 2.05) is 6.92 Å². The second kappa shape index (κ2) is 17.3. The summed E-state index contributed by atoms with van der Waals surface area (Å²) in [5.74, 6) is -2.03. The van der Waals surface area contributed by atoms with E-state index in [0.29, 0.717) is 12.8 Å². The van der Waals surface area contributed by atoms with Crippen LogP contribution in [0.25, 0.3) is 0 Å². The van der Waals surface area contributed by atoms with E-state index >= 15 is 0 Å². The lowest BCUT2D eigenvalue weighted by Crippen LogP contribution is -2.64. The Morgan fingerprint density at radius 1 is 0.796 bits per heavy atom. The number of rotatable bonds is 12. The van der Waals surface area contributed by atoms with Gasteiger partial charge in [-0.25, -0.2) is 9.59 Å². The number of ether oxygens (including phenoxy) is 6. The molecule has 0 bridgehead atoms. The van der Waals surface area contributed by atoms with Gasteiger partial charge in [0.05, 0.1) is 30.5 Å². The second-order valence-electron chi connectivity index (χ2n) is 14.0. The number of carboxylic acids is 1. The molecule has 49 heavy (non-hydrogen) atoms. The predicted octanol–water partition coefficient (Wildman–Crippen LogP) is 1.52. The summed E-state index contributed by atoms with van der Waals surface area (Å²) in [6.07, 6.45) is -9.64. The van der Waals surface area contributed by atoms with Crippen LogP contribution in [0.4, 0.5) is 0 Å². The zero-order valence-corrected chi connectivity index (χ0v) is 28.1. The number of aliphatic hydroxyl groups excluding tert-OH is 5. The number of hydrogen-bond donors (Lipinski definition) is 6. The molecule has 2 saturated heterocycles. The third-order valence-electron chi connectivity index (χ3n) is 10.4. The minimum atomic E-state index is -1.58. The molecule has 6 N–H and O–H groups in total. The molecule has 276 valence electrons. The number of aliphatic carboxylic acids is 1. The molecular weight excluding hydrogens is 644 g/mol. The third kappa shape index (κ3) is 9.17. The summed E-state index contributed by atoms with van der Waals surface area (Å²) in [6.45, 7) is 2.81. The third-order valence-corrected chi connectivity index (χ3v) is 10.4. The predicted molar refractivity (Wildman–Crippen MR) is 170 cm³/mol. The normalized spacial score (nSPS) is 39.6. The molecule has 1 aromatic rings. The van der Waals surface area contributed by atoms with Crippen molar-refractivity contribution in [3.63, 3.8) is 0 Å². The fourth-order valence-corrected chi connectivity index (χ4v) is 7.48. The van der Waals surface area contributed by atoms with Gasteiger partial charge in [0.15, 0.2) is 24.8 Å². The molecule has 14 atom stereocenters. The maximum absolute atomic E-state index is 13.4. The molecule has 2 heterocycles. The highest BCUT2D eigenvalue weighted by atomic mass is 16.7. The molecule has 0 aromatic heterocycles. The van der Waals surface area contributed by atoms with Crippen LogP contribution < -0.4 is 0 Å². The van der Waals surface area contributed by atoms with Crippen LogP contribution in [-0.2, 0) is 33.2 Å². The van der Waals surface area contributed by atoms with Gasteiger partial charge in [0, 0.05) is 0 Å². The fourth-order valence-electron chi connectivity index (χ4n) is 7.48. The Morgan fingerprint density at radius 2 is 1.51 bits per heavy atom. The van der Waals surface area contributed by atoms with Crippen molar-refractivity contribution in [2.24, 2.45) is 11.8 Å². The molecule has 2 aliphatic heterocycles. The number of carbonyl (C=O) groups is 2. The van der Waals surface area contributed by atoms with Gasteiger partial charge in [-0.15, -0.1) is 0 Å². The summed E-state index contributed by atoms with van der Waals surface area (Å²) < 4.78 is 36.5. The van der Waals surface area contributed by atoms with Crippen LogP contribution >= 0.6 is 0 Å². The number of carbonyl (C=O) groups excluding carboxylic acids is 1. The van der Waals surface area contributed by atoms with Gasteiger partial charge in [0.25, 0.3) is 0 Å². The molecule has 2 saturated carbocycles. The SMILES string of the molecule is CC1O[C@@H](O[C@@H]2C(C)CCC[C@H]2O[C@@H]2O[C@@H](CO)[C@H](O)C(O[C@@H](CC3CCCCC3)C(=O)O)C2OC(=O)c2ccccc2)C(O)[C@@H](O)[C@@H]1O. The molecule has 14 nitrogen and oxygen atoms in total. The molecule has 5 rings (SSSR count). The van der Waals surface area contributed by atoms with Crippen LogP contribution in [-0.4, -0.2) is 129 Å². The van der Waals surface area contributed by atoms with E-state index < -0.39 is 98.3 Å². The van der Waals surface area contributed by atoms with Gasteiger partial charge in [0.2, 0.25) is 0 Å². The monoisotopic (exact) mass is 696 g/mol. The van der Waals surface area contributed by atoms with E-state index in [9.17, 15) is 40.2 Å². The Bertz CT molecular complexity index is 1200. The highest BCUT2D eigenvalue weighted by molar-refractivity contribution is 5.89. The zero-order chi connectivity index (χ0) is 35.2. The topological polar surface area (TPSA) is 211 Å². The van der Waals surface area contributed by atoms with Gasteiger partial charge in [-0.1, -0.05) is 63.6 Å². The largest absolute Gasteiger partial charge is 0.479 e. The second-order valence-corrected chi connectivity index (χ2v) is 14.0. The Hall–Kier alpha value is -2.24. The number of hydrogen-bond acceptors (Lipinski definition) is 13. The van der Waals surface area contributed by atoms with Crippen LogP contribution in [0.1, 0.15) is 82.0 Å². The molecule has 14 heteroatoms. The van der Waals surface area contributed by atoms with E-state index in [0.717, 1.165) is 38.5 Å². The van der Waals surface area contributed by atoms with E-state index in [1.54, 1.807) is 37.3 Å². The highest BCUT2D eigenvalue weighted by Gasteiger charge is 2.52. The van der Waals surface area contributed by atoms with Crippen molar-refractivity contribution < 1.29 is 68.6 Å². The lowest BCUT2D eigenvalue weighted by Gasteiger charge is -2.47. The molecular formula is C35H52O14. The minimum absolute atomic E-state index is 0.110. The lowest BCUT2D eigenvalue weighted by atomic mass is 9.85. The summed E-state index contributed by atoms with van der Waals surface area (Å²) in [5.41, 5.74) is 0.196. The Kier molecular flexibility index (Phi) is 13.4. The number of carboxylic acid groups (broad SMARTS) is 1. The quantitative estimate of drug-likeness (QED) is 0.171. The molecule has 5 unspecified atom stereocenters. The molecule has 1 aromatic carbocycles. The first-order chi connectivity index (χ1) is 23.5. The Labute approximate surface area is 286 Å². The standard InChI is InChI=1S/C35H52O14/c1-18-10-9-15-22(29(18)49-34-28(40)27(39)25(37)19(2)44-34)46-35-31(48-33(43)21-13-7-4-8-14-21)30(26(38)24(17-36)47-35)45-23(32(41)42)16-20-11-5-3-6-12-20/h4,7-8,13-14,18-20,22-31,34-40H,3,5-6,9-12,15-17H2,1-2H3,(H,41,42)/t18?,19?,22-,23+,24+,25-,26+,27+,28?,29-,30?,31?,34+,35-/m1/s1. The Morgan fingerprint density at radius 3 is 2.18 bits per heavy atom. The van der Waals surface area contributed by atoms with E-state index in [2.05, 4.69) is 0 Å². The van der Waals surface area contributed by atoms with E-state index in [-0.39, 0.29) is 23.8 Å². The zero-order valence-electron chi connectivity index (χ0n) is 28.1. The number of aliphatic hydroxyl groups is 5. The van der Waals surface area contributed by atoms with Crippen molar-refractivity contribution >= 4 is 11.9 Å². The van der Waals surface area contributed by atoms with Gasteiger partial charge in [-0.2, -0.15) is 0 Å². The molecule has 0 spiro atoms. The molecule has 0 amide bonds. The van der Waals surface area contributed by atoms with Gasteiger partial charge in [0.1, 0.15) is 36.6 Å². The van der Waals surface area contributed by atoms with Gasteiger partial charge < -0.3 is 59.1 Å². The summed E-state index contributed by atoms with van der Waals surface area (Å²) in [4.78, 5) is 26.0. The summed E-state index contributed by atoms with van der Waals surface area (Å²) >= 11 is 0. The summed E-state index contributed by atoms with van der Waals surface area (Å²) in [5, 5.41) is 63.0. The smallest absolute Gasteiger partial charge is 0.338 e. The molecule has 4 aliphatic rings. The molecule has 0 radical (unpaired) electrons. The average Bonchev–Trinajstić information content (AvgIpc) is 3.10. The van der Waals surface area contributed by atoms with Gasteiger partial charge in [-0.3, -0.25) is 0 Å². The van der Waals surface area contributed by atoms with Crippen LogP contribution in [0, 0.1) is 11.8 Å². The van der Waals surface area contributed by atoms with E-state index in [4.69, 9.17) is 28.4 Å². The van der Waals surface area contributed by atoms with Crippen LogP contribution in [0.3, 0.4) is 0 Å². The fraction of sp³-hybridized carbons (Fsp3) is 0.771. The number of esters is 1. The van der Waals surface area contributed by atoms with Crippen molar-refractivity contribution in [2.75, 3.05) is 6.61 Å².